The molecule has 20 heavy (non-hydrogen) atoms. The molecule has 1 aromatic rings. The van der Waals surface area contributed by atoms with Crippen molar-refractivity contribution in [1.29, 1.82) is 0 Å². The third-order valence-electron chi connectivity index (χ3n) is 4.13. The topological polar surface area (TPSA) is 37.6 Å². The van der Waals surface area contributed by atoms with Crippen LogP contribution in [0.15, 0.2) is 16.7 Å². The monoisotopic (exact) mass is 278 g/mol. The number of rotatable bonds is 4. The van der Waals surface area contributed by atoms with Crippen molar-refractivity contribution in [3.8, 4) is 0 Å². The third-order valence-corrected chi connectivity index (χ3v) is 4.13. The molecule has 4 nitrogen and oxygen atoms in total. The predicted molar refractivity (Wildman–Crippen MR) is 78.5 cm³/mol. The summed E-state index contributed by atoms with van der Waals surface area (Å²) in [6, 6.07) is 2.11. The van der Waals surface area contributed by atoms with Gasteiger partial charge in [0.25, 0.3) is 0 Å². The molecule has 3 rings (SSSR count). The smallest absolute Gasteiger partial charge is 0.122 e. The first-order chi connectivity index (χ1) is 9.49. The summed E-state index contributed by atoms with van der Waals surface area (Å²) in [7, 11) is 0. The van der Waals surface area contributed by atoms with Gasteiger partial charge in [-0.2, -0.15) is 0 Å². The molecule has 0 spiro atoms. The van der Waals surface area contributed by atoms with E-state index in [1.807, 2.05) is 6.26 Å². The van der Waals surface area contributed by atoms with E-state index in [1.54, 1.807) is 0 Å². The number of nitrogens with zero attached hydrogens (tertiary/aromatic N) is 1. The molecule has 0 amide bonds. The van der Waals surface area contributed by atoms with Crippen LogP contribution in [0.5, 0.6) is 0 Å². The van der Waals surface area contributed by atoms with Crippen molar-refractivity contribution in [2.24, 2.45) is 0 Å². The molecule has 2 aliphatic rings. The number of hydrogen-bond donors (Lipinski definition) is 1. The largest absolute Gasteiger partial charge is 0.468 e. The van der Waals surface area contributed by atoms with E-state index >= 15 is 0 Å². The average Bonchev–Trinajstić information content (AvgIpc) is 2.93. The number of hydrogen-bond acceptors (Lipinski definition) is 4. The molecule has 0 saturated carbocycles. The Hall–Kier alpha value is -0.840. The first-order valence-electron chi connectivity index (χ1n) is 7.68. The normalized spacial score (nSPS) is 27.1. The van der Waals surface area contributed by atoms with Crippen molar-refractivity contribution in [2.45, 2.75) is 64.4 Å². The SMILES string of the molecule is CC(C)(C)NCc1occc1CN1CC2CCC(C1)O2. The fourth-order valence-corrected chi connectivity index (χ4v) is 3.08. The second-order valence-electron chi connectivity index (χ2n) is 7.12. The van der Waals surface area contributed by atoms with Gasteiger partial charge in [-0.3, -0.25) is 4.90 Å². The van der Waals surface area contributed by atoms with Crippen LogP contribution in [0.3, 0.4) is 0 Å². The molecule has 2 aliphatic heterocycles. The second-order valence-corrected chi connectivity index (χ2v) is 7.12. The maximum atomic E-state index is 5.89. The van der Waals surface area contributed by atoms with E-state index in [0.29, 0.717) is 12.2 Å². The minimum absolute atomic E-state index is 0.113. The summed E-state index contributed by atoms with van der Waals surface area (Å²) in [5.74, 6) is 1.07. The maximum Gasteiger partial charge on any atom is 0.122 e. The van der Waals surface area contributed by atoms with Crippen molar-refractivity contribution in [1.82, 2.24) is 10.2 Å². The van der Waals surface area contributed by atoms with Crippen LogP contribution in [-0.2, 0) is 17.8 Å². The summed E-state index contributed by atoms with van der Waals surface area (Å²) in [5, 5.41) is 3.49. The first kappa shape index (κ1) is 14.1. The molecular formula is C16H26N2O2. The fourth-order valence-electron chi connectivity index (χ4n) is 3.08. The number of furan rings is 1. The lowest BCUT2D eigenvalue weighted by Crippen LogP contribution is -2.42. The van der Waals surface area contributed by atoms with Gasteiger partial charge in [0.05, 0.1) is 25.0 Å². The standard InChI is InChI=1S/C16H26N2O2/c1-16(2,3)17-8-15-12(6-7-19-15)9-18-10-13-4-5-14(11-18)20-13/h6-7,13-14,17H,4-5,8-11H2,1-3H3. The van der Waals surface area contributed by atoms with Crippen LogP contribution >= 0.6 is 0 Å². The molecule has 2 fully saturated rings. The highest BCUT2D eigenvalue weighted by atomic mass is 16.5. The highest BCUT2D eigenvalue weighted by Gasteiger charge is 2.33. The van der Waals surface area contributed by atoms with Gasteiger partial charge in [0.15, 0.2) is 0 Å². The summed E-state index contributed by atoms with van der Waals surface area (Å²) in [5.41, 5.74) is 1.42. The fraction of sp³-hybridized carbons (Fsp3) is 0.750. The minimum atomic E-state index is 0.113. The lowest BCUT2D eigenvalue weighted by atomic mass is 10.1. The van der Waals surface area contributed by atoms with Gasteiger partial charge in [-0.25, -0.2) is 0 Å². The molecule has 2 saturated heterocycles. The zero-order valence-electron chi connectivity index (χ0n) is 12.8. The Balaban J connectivity index is 1.59. The molecule has 1 aromatic heterocycles. The van der Waals surface area contributed by atoms with Crippen LogP contribution in [0.4, 0.5) is 0 Å². The van der Waals surface area contributed by atoms with Crippen LogP contribution < -0.4 is 5.32 Å². The van der Waals surface area contributed by atoms with E-state index in [4.69, 9.17) is 9.15 Å². The van der Waals surface area contributed by atoms with Crippen LogP contribution in [0.25, 0.3) is 0 Å². The summed E-state index contributed by atoms with van der Waals surface area (Å²) in [6.45, 7) is 10.4. The van der Waals surface area contributed by atoms with Crippen LogP contribution in [-0.4, -0.2) is 35.7 Å². The average molecular weight is 278 g/mol. The Labute approximate surface area is 121 Å². The van der Waals surface area contributed by atoms with E-state index in [1.165, 1.54) is 18.4 Å². The Morgan fingerprint density at radius 1 is 1.25 bits per heavy atom. The summed E-state index contributed by atoms with van der Waals surface area (Å²) in [6.07, 6.45) is 5.17. The highest BCUT2D eigenvalue weighted by Crippen LogP contribution is 2.27. The molecule has 3 heterocycles. The number of likely N-dealkylation sites (tertiary alicyclic amines) is 1. The van der Waals surface area contributed by atoms with E-state index in [2.05, 4.69) is 37.1 Å². The predicted octanol–water partition coefficient (Wildman–Crippen LogP) is 2.53. The lowest BCUT2D eigenvalue weighted by molar-refractivity contribution is -0.0412. The molecule has 0 aliphatic carbocycles. The van der Waals surface area contributed by atoms with Gasteiger partial charge < -0.3 is 14.5 Å². The van der Waals surface area contributed by atoms with Gasteiger partial charge in [-0.1, -0.05) is 0 Å². The second kappa shape index (κ2) is 5.51. The number of nitrogens with one attached hydrogen (secondary N) is 1. The summed E-state index contributed by atoms with van der Waals surface area (Å²) >= 11 is 0. The Kier molecular flexibility index (Phi) is 3.89. The van der Waals surface area contributed by atoms with E-state index in [-0.39, 0.29) is 5.54 Å². The molecule has 1 N–H and O–H groups in total. The highest BCUT2D eigenvalue weighted by molar-refractivity contribution is 5.17. The van der Waals surface area contributed by atoms with Crippen LogP contribution in [0, 0.1) is 0 Å². The van der Waals surface area contributed by atoms with Gasteiger partial charge in [0, 0.05) is 30.7 Å². The van der Waals surface area contributed by atoms with Crippen molar-refractivity contribution in [3.05, 3.63) is 23.7 Å². The first-order valence-corrected chi connectivity index (χ1v) is 7.68. The molecular weight excluding hydrogens is 252 g/mol. The van der Waals surface area contributed by atoms with E-state index in [0.717, 1.165) is 31.9 Å². The molecule has 0 aromatic carbocycles. The Bertz CT molecular complexity index is 438. The Morgan fingerprint density at radius 2 is 1.95 bits per heavy atom. The number of morpholine rings is 1. The van der Waals surface area contributed by atoms with Crippen molar-refractivity contribution in [3.63, 3.8) is 0 Å². The minimum Gasteiger partial charge on any atom is -0.468 e. The summed E-state index contributed by atoms with van der Waals surface area (Å²) in [4.78, 5) is 2.51. The van der Waals surface area contributed by atoms with Gasteiger partial charge in [0.1, 0.15) is 5.76 Å². The third kappa shape index (κ3) is 3.43. The van der Waals surface area contributed by atoms with Crippen molar-refractivity contribution < 1.29 is 9.15 Å². The molecule has 0 radical (unpaired) electrons. The van der Waals surface area contributed by atoms with Crippen LogP contribution in [0.2, 0.25) is 0 Å². The molecule has 4 heteroatoms. The quantitative estimate of drug-likeness (QED) is 0.918. The lowest BCUT2D eigenvalue weighted by Gasteiger charge is -2.32. The maximum absolute atomic E-state index is 5.89. The van der Waals surface area contributed by atoms with Crippen LogP contribution in [0.1, 0.15) is 44.9 Å². The number of fused-ring (bicyclic) bond motifs is 2. The molecule has 112 valence electrons. The molecule has 2 bridgehead atoms. The zero-order chi connectivity index (χ0) is 14.2. The Morgan fingerprint density at radius 3 is 2.60 bits per heavy atom. The van der Waals surface area contributed by atoms with Gasteiger partial charge in [-0.05, 0) is 39.7 Å². The van der Waals surface area contributed by atoms with Gasteiger partial charge in [-0.15, -0.1) is 0 Å². The van der Waals surface area contributed by atoms with Crippen molar-refractivity contribution >= 4 is 0 Å². The van der Waals surface area contributed by atoms with E-state index in [9.17, 15) is 0 Å². The zero-order valence-corrected chi connectivity index (χ0v) is 12.8. The number of ether oxygens (including phenoxy) is 1. The van der Waals surface area contributed by atoms with E-state index < -0.39 is 0 Å². The molecule has 2 unspecified atom stereocenters. The van der Waals surface area contributed by atoms with Crippen molar-refractivity contribution in [2.75, 3.05) is 13.1 Å². The summed E-state index contributed by atoms with van der Waals surface area (Å²) < 4.78 is 11.5. The van der Waals surface area contributed by atoms with Gasteiger partial charge in [0.2, 0.25) is 0 Å². The van der Waals surface area contributed by atoms with Gasteiger partial charge >= 0.3 is 0 Å². The molecule has 2 atom stereocenters.